The Morgan fingerprint density at radius 1 is 1.44 bits per heavy atom. The first-order valence-electron chi connectivity index (χ1n) is 5.32. The second-order valence-electron chi connectivity index (χ2n) is 5.07. The van der Waals surface area contributed by atoms with Gasteiger partial charge in [0.25, 0.3) is 0 Å². The summed E-state index contributed by atoms with van der Waals surface area (Å²) in [5, 5.41) is 2.77. The van der Waals surface area contributed by atoms with Crippen LogP contribution in [-0.4, -0.2) is 42.4 Å². The van der Waals surface area contributed by atoms with Gasteiger partial charge in [0.15, 0.2) is 9.84 Å². The second kappa shape index (κ2) is 4.96. The number of carbonyl (C=O) groups is 1. The van der Waals surface area contributed by atoms with Crippen molar-refractivity contribution < 1.29 is 13.2 Å². The van der Waals surface area contributed by atoms with Crippen molar-refractivity contribution in [2.24, 2.45) is 0 Å². The number of carbonyl (C=O) groups excluding carboxylic acids is 1. The molecule has 0 aromatic rings. The topological polar surface area (TPSA) is 63.2 Å². The Morgan fingerprint density at radius 2 is 2.06 bits per heavy atom. The zero-order valence-electron chi connectivity index (χ0n) is 9.95. The van der Waals surface area contributed by atoms with E-state index in [2.05, 4.69) is 5.32 Å². The Labute approximate surface area is 101 Å². The number of thioether (sulfide) groups is 1. The molecular weight excluding hydrogens is 246 g/mol. The van der Waals surface area contributed by atoms with E-state index in [9.17, 15) is 13.2 Å². The Bertz CT molecular complexity index is 357. The Hall–Kier alpha value is -0.230. The third kappa shape index (κ3) is 5.21. The monoisotopic (exact) mass is 265 g/mol. The molecule has 0 bridgehead atoms. The molecule has 0 aliphatic carbocycles. The maximum atomic E-state index is 11.5. The maximum Gasteiger partial charge on any atom is 0.230 e. The standard InChI is InChI=1S/C10H19NO3S2/c1-10(2,3)15-6-9(12)11-8-4-5-16(13,14)7-8/h8H,4-7H2,1-3H3,(H,11,12). The molecule has 0 saturated carbocycles. The number of hydrogen-bond donors (Lipinski definition) is 1. The molecule has 1 fully saturated rings. The SMILES string of the molecule is CC(C)(C)SCC(=O)NC1CCS(=O)(=O)C1. The minimum absolute atomic E-state index is 0.0547. The van der Waals surface area contributed by atoms with Crippen LogP contribution in [0.4, 0.5) is 0 Å². The lowest BCUT2D eigenvalue weighted by molar-refractivity contribution is -0.119. The van der Waals surface area contributed by atoms with Gasteiger partial charge in [-0.15, -0.1) is 11.8 Å². The van der Waals surface area contributed by atoms with Crippen LogP contribution in [0.3, 0.4) is 0 Å². The summed E-state index contributed by atoms with van der Waals surface area (Å²) in [4.78, 5) is 11.5. The lowest BCUT2D eigenvalue weighted by atomic mass is 10.2. The average molecular weight is 265 g/mol. The van der Waals surface area contributed by atoms with E-state index < -0.39 is 9.84 Å². The van der Waals surface area contributed by atoms with Crippen molar-refractivity contribution in [3.05, 3.63) is 0 Å². The molecule has 0 aromatic heterocycles. The molecule has 1 atom stereocenters. The number of sulfone groups is 1. The van der Waals surface area contributed by atoms with Crippen molar-refractivity contribution in [2.75, 3.05) is 17.3 Å². The van der Waals surface area contributed by atoms with Gasteiger partial charge in [-0.3, -0.25) is 4.79 Å². The molecule has 1 N–H and O–H groups in total. The van der Waals surface area contributed by atoms with E-state index in [-0.39, 0.29) is 28.2 Å². The fraction of sp³-hybridized carbons (Fsp3) is 0.900. The third-order valence-corrected chi connectivity index (χ3v) is 5.27. The fourth-order valence-corrected chi connectivity index (χ4v) is 3.78. The van der Waals surface area contributed by atoms with Gasteiger partial charge in [-0.05, 0) is 6.42 Å². The van der Waals surface area contributed by atoms with Crippen molar-refractivity contribution in [3.8, 4) is 0 Å². The summed E-state index contributed by atoms with van der Waals surface area (Å²) >= 11 is 1.56. The smallest absolute Gasteiger partial charge is 0.230 e. The van der Waals surface area contributed by atoms with Crippen molar-refractivity contribution in [1.29, 1.82) is 0 Å². The van der Waals surface area contributed by atoms with E-state index in [1.54, 1.807) is 11.8 Å². The van der Waals surface area contributed by atoms with Gasteiger partial charge in [-0.2, -0.15) is 0 Å². The molecule has 1 unspecified atom stereocenters. The van der Waals surface area contributed by atoms with Crippen molar-refractivity contribution in [1.82, 2.24) is 5.32 Å². The molecule has 0 aromatic carbocycles. The molecular formula is C10H19NO3S2. The molecule has 0 spiro atoms. The molecule has 94 valence electrons. The van der Waals surface area contributed by atoms with Gasteiger partial charge < -0.3 is 5.32 Å². The summed E-state index contributed by atoms with van der Waals surface area (Å²) in [7, 11) is -2.91. The van der Waals surface area contributed by atoms with Gasteiger partial charge in [0, 0.05) is 10.8 Å². The van der Waals surface area contributed by atoms with E-state index in [1.807, 2.05) is 20.8 Å². The fourth-order valence-electron chi connectivity index (χ4n) is 1.46. The van der Waals surface area contributed by atoms with Gasteiger partial charge >= 0.3 is 0 Å². The largest absolute Gasteiger partial charge is 0.352 e. The van der Waals surface area contributed by atoms with Crippen LogP contribution >= 0.6 is 11.8 Å². The molecule has 0 radical (unpaired) electrons. The van der Waals surface area contributed by atoms with Crippen LogP contribution in [0.25, 0.3) is 0 Å². The van der Waals surface area contributed by atoms with Crippen LogP contribution in [0.5, 0.6) is 0 Å². The zero-order chi connectivity index (χ0) is 12.4. The second-order valence-corrected chi connectivity index (χ2v) is 9.10. The highest BCUT2D eigenvalue weighted by atomic mass is 32.2. The van der Waals surface area contributed by atoms with Crippen molar-refractivity contribution >= 4 is 27.5 Å². The predicted molar refractivity (Wildman–Crippen MR) is 67.4 cm³/mol. The minimum Gasteiger partial charge on any atom is -0.352 e. The molecule has 4 nitrogen and oxygen atoms in total. The van der Waals surface area contributed by atoms with Gasteiger partial charge in [0.05, 0.1) is 17.3 Å². The number of nitrogens with one attached hydrogen (secondary N) is 1. The Kier molecular flexibility index (Phi) is 4.29. The zero-order valence-corrected chi connectivity index (χ0v) is 11.6. The quantitative estimate of drug-likeness (QED) is 0.820. The minimum atomic E-state index is -2.91. The van der Waals surface area contributed by atoms with E-state index in [1.165, 1.54) is 0 Å². The van der Waals surface area contributed by atoms with Crippen molar-refractivity contribution in [2.45, 2.75) is 38.0 Å². The maximum absolute atomic E-state index is 11.5. The van der Waals surface area contributed by atoms with Gasteiger partial charge in [-0.1, -0.05) is 20.8 Å². The van der Waals surface area contributed by atoms with E-state index in [0.29, 0.717) is 12.2 Å². The Morgan fingerprint density at radius 3 is 2.50 bits per heavy atom. The first kappa shape index (κ1) is 13.8. The summed E-state index contributed by atoms with van der Waals surface area (Å²) in [6.07, 6.45) is 0.550. The van der Waals surface area contributed by atoms with Crippen LogP contribution in [0.15, 0.2) is 0 Å². The molecule has 1 aliphatic rings. The summed E-state index contributed by atoms with van der Waals surface area (Å²) in [6.45, 7) is 6.14. The van der Waals surface area contributed by atoms with Gasteiger partial charge in [0.2, 0.25) is 5.91 Å². The normalized spacial score (nSPS) is 24.3. The lowest BCUT2D eigenvalue weighted by Crippen LogP contribution is -2.37. The number of rotatable bonds is 3. The summed E-state index contributed by atoms with van der Waals surface area (Å²) in [6, 6.07) is -0.182. The van der Waals surface area contributed by atoms with Crippen LogP contribution in [0.1, 0.15) is 27.2 Å². The van der Waals surface area contributed by atoms with E-state index in [4.69, 9.17) is 0 Å². The molecule has 1 amide bonds. The molecule has 1 saturated heterocycles. The highest BCUT2D eigenvalue weighted by molar-refractivity contribution is 8.01. The lowest BCUT2D eigenvalue weighted by Gasteiger charge is -2.18. The first-order chi connectivity index (χ1) is 7.18. The summed E-state index contributed by atoms with van der Waals surface area (Å²) in [5.74, 6) is 0.616. The van der Waals surface area contributed by atoms with Crippen molar-refractivity contribution in [3.63, 3.8) is 0 Å². The van der Waals surface area contributed by atoms with Crippen LogP contribution < -0.4 is 5.32 Å². The first-order valence-corrected chi connectivity index (χ1v) is 8.12. The summed E-state index contributed by atoms with van der Waals surface area (Å²) < 4.78 is 22.4. The average Bonchev–Trinajstić information content (AvgIpc) is 2.41. The Balaban J connectivity index is 2.31. The van der Waals surface area contributed by atoms with Crippen LogP contribution in [0, 0.1) is 0 Å². The third-order valence-electron chi connectivity index (χ3n) is 2.23. The van der Waals surface area contributed by atoms with Crippen LogP contribution in [0.2, 0.25) is 0 Å². The van der Waals surface area contributed by atoms with Crippen LogP contribution in [-0.2, 0) is 14.6 Å². The van der Waals surface area contributed by atoms with Gasteiger partial charge in [0.1, 0.15) is 0 Å². The highest BCUT2D eigenvalue weighted by Crippen LogP contribution is 2.22. The highest BCUT2D eigenvalue weighted by Gasteiger charge is 2.29. The molecule has 1 heterocycles. The predicted octanol–water partition coefficient (Wildman–Crippen LogP) is 0.821. The number of amides is 1. The number of hydrogen-bond acceptors (Lipinski definition) is 4. The van der Waals surface area contributed by atoms with E-state index in [0.717, 1.165) is 0 Å². The molecule has 1 aliphatic heterocycles. The van der Waals surface area contributed by atoms with Gasteiger partial charge in [-0.25, -0.2) is 8.42 Å². The summed E-state index contributed by atoms with van der Waals surface area (Å²) in [5.41, 5.74) is 0. The molecule has 16 heavy (non-hydrogen) atoms. The molecule has 1 rings (SSSR count). The molecule has 6 heteroatoms. The van der Waals surface area contributed by atoms with E-state index >= 15 is 0 Å².